The van der Waals surface area contributed by atoms with Crippen molar-refractivity contribution >= 4 is 17.7 Å². The monoisotopic (exact) mass is 292 g/mol. The molecule has 1 fully saturated rings. The van der Waals surface area contributed by atoms with E-state index in [1.165, 1.54) is 4.90 Å². The summed E-state index contributed by atoms with van der Waals surface area (Å²) >= 11 is 1.83. The maximum absolute atomic E-state index is 12.4. The Bertz CT molecular complexity index is 436. The van der Waals surface area contributed by atoms with E-state index in [0.717, 1.165) is 38.3 Å². The number of hydrogen-bond donors (Lipinski definition) is 0. The van der Waals surface area contributed by atoms with Gasteiger partial charge in [-0.05, 0) is 30.8 Å². The van der Waals surface area contributed by atoms with Crippen LogP contribution in [0.25, 0.3) is 0 Å². The first-order valence-corrected chi connectivity index (χ1v) is 8.26. The van der Waals surface area contributed by atoms with Gasteiger partial charge in [-0.2, -0.15) is 0 Å². The van der Waals surface area contributed by atoms with E-state index in [0.29, 0.717) is 5.25 Å². The van der Waals surface area contributed by atoms with Gasteiger partial charge in [-0.25, -0.2) is 0 Å². The molecule has 1 aliphatic rings. The standard InChI is InChI=1S/C16H24N2OS/c1-4-17-9-11-18(12-10-17)16(19)14-5-7-15(8-6-14)20-13(2)3/h5-8,13H,4,9-12H2,1-3H3. The van der Waals surface area contributed by atoms with Crippen LogP contribution in [0.15, 0.2) is 29.2 Å². The molecule has 0 atom stereocenters. The van der Waals surface area contributed by atoms with E-state index in [-0.39, 0.29) is 5.91 Å². The average molecular weight is 292 g/mol. The number of carbonyl (C=O) groups excluding carboxylic acids is 1. The third-order valence-corrected chi connectivity index (χ3v) is 4.60. The van der Waals surface area contributed by atoms with Crippen molar-refractivity contribution in [2.45, 2.75) is 30.9 Å². The Morgan fingerprint density at radius 1 is 1.15 bits per heavy atom. The summed E-state index contributed by atoms with van der Waals surface area (Å²) in [5.41, 5.74) is 0.808. The van der Waals surface area contributed by atoms with Gasteiger partial charge < -0.3 is 9.80 Å². The third kappa shape index (κ3) is 4.00. The van der Waals surface area contributed by atoms with Crippen molar-refractivity contribution in [3.05, 3.63) is 29.8 Å². The summed E-state index contributed by atoms with van der Waals surface area (Å²) in [7, 11) is 0. The fraction of sp³-hybridized carbons (Fsp3) is 0.562. The van der Waals surface area contributed by atoms with Crippen LogP contribution in [-0.4, -0.2) is 53.7 Å². The molecule has 0 radical (unpaired) electrons. The molecule has 110 valence electrons. The second-order valence-corrected chi connectivity index (χ2v) is 7.07. The van der Waals surface area contributed by atoms with E-state index in [1.54, 1.807) is 0 Å². The van der Waals surface area contributed by atoms with Crippen molar-refractivity contribution in [2.75, 3.05) is 32.7 Å². The number of piperazine rings is 1. The van der Waals surface area contributed by atoms with Crippen molar-refractivity contribution < 1.29 is 4.79 Å². The third-order valence-electron chi connectivity index (χ3n) is 3.58. The number of thioether (sulfide) groups is 1. The highest BCUT2D eigenvalue weighted by molar-refractivity contribution is 7.99. The normalized spacial score (nSPS) is 16.7. The second kappa shape index (κ2) is 7.14. The zero-order valence-electron chi connectivity index (χ0n) is 12.6. The number of benzene rings is 1. The van der Waals surface area contributed by atoms with E-state index in [1.807, 2.05) is 28.8 Å². The molecular formula is C16H24N2OS. The highest BCUT2D eigenvalue weighted by Gasteiger charge is 2.21. The quantitative estimate of drug-likeness (QED) is 0.797. The minimum atomic E-state index is 0.168. The van der Waals surface area contributed by atoms with Crippen molar-refractivity contribution in [1.82, 2.24) is 9.80 Å². The number of hydrogen-bond acceptors (Lipinski definition) is 3. The van der Waals surface area contributed by atoms with Crippen molar-refractivity contribution in [1.29, 1.82) is 0 Å². The van der Waals surface area contributed by atoms with Crippen LogP contribution < -0.4 is 0 Å². The van der Waals surface area contributed by atoms with Crippen LogP contribution in [0.2, 0.25) is 0 Å². The summed E-state index contributed by atoms with van der Waals surface area (Å²) in [4.78, 5) is 18.0. The number of carbonyl (C=O) groups is 1. The van der Waals surface area contributed by atoms with Crippen LogP contribution in [0.4, 0.5) is 0 Å². The molecule has 3 nitrogen and oxygen atoms in total. The molecule has 0 aromatic heterocycles. The fourth-order valence-corrected chi connectivity index (χ4v) is 3.24. The van der Waals surface area contributed by atoms with Gasteiger partial charge in [-0.3, -0.25) is 4.79 Å². The van der Waals surface area contributed by atoms with Crippen LogP contribution in [0.3, 0.4) is 0 Å². The first-order chi connectivity index (χ1) is 9.60. The first kappa shape index (κ1) is 15.4. The Labute approximate surface area is 126 Å². The summed E-state index contributed by atoms with van der Waals surface area (Å²) in [6, 6.07) is 8.03. The van der Waals surface area contributed by atoms with Crippen LogP contribution >= 0.6 is 11.8 Å². The molecular weight excluding hydrogens is 268 g/mol. The number of rotatable bonds is 4. The van der Waals surface area contributed by atoms with Gasteiger partial charge in [0.25, 0.3) is 5.91 Å². The fourth-order valence-electron chi connectivity index (χ4n) is 2.40. The SMILES string of the molecule is CCN1CCN(C(=O)c2ccc(SC(C)C)cc2)CC1. The summed E-state index contributed by atoms with van der Waals surface area (Å²) in [5.74, 6) is 0.168. The highest BCUT2D eigenvalue weighted by Crippen LogP contribution is 2.23. The van der Waals surface area contributed by atoms with Gasteiger partial charge in [0.15, 0.2) is 0 Å². The molecule has 0 N–H and O–H groups in total. The Balaban J connectivity index is 1.95. The molecule has 0 saturated carbocycles. The van der Waals surface area contributed by atoms with Gasteiger partial charge in [-0.15, -0.1) is 11.8 Å². The minimum absolute atomic E-state index is 0.168. The Hall–Kier alpha value is -1.00. The lowest BCUT2D eigenvalue weighted by Crippen LogP contribution is -2.48. The summed E-state index contributed by atoms with van der Waals surface area (Å²) in [6.45, 7) is 11.3. The van der Waals surface area contributed by atoms with Crippen LogP contribution in [0.5, 0.6) is 0 Å². The van der Waals surface area contributed by atoms with Crippen molar-refractivity contribution in [3.63, 3.8) is 0 Å². The van der Waals surface area contributed by atoms with Gasteiger partial charge in [0.1, 0.15) is 0 Å². The topological polar surface area (TPSA) is 23.6 Å². The van der Waals surface area contributed by atoms with E-state index < -0.39 is 0 Å². The minimum Gasteiger partial charge on any atom is -0.336 e. The maximum atomic E-state index is 12.4. The molecule has 0 spiro atoms. The maximum Gasteiger partial charge on any atom is 0.253 e. The van der Waals surface area contributed by atoms with Gasteiger partial charge in [0.05, 0.1) is 0 Å². The molecule has 4 heteroatoms. The van der Waals surface area contributed by atoms with E-state index >= 15 is 0 Å². The Morgan fingerprint density at radius 2 is 1.75 bits per heavy atom. The number of nitrogens with zero attached hydrogens (tertiary/aromatic N) is 2. The van der Waals surface area contributed by atoms with Crippen molar-refractivity contribution in [2.24, 2.45) is 0 Å². The van der Waals surface area contributed by atoms with Gasteiger partial charge in [0, 0.05) is 41.9 Å². The van der Waals surface area contributed by atoms with Crippen LogP contribution in [0.1, 0.15) is 31.1 Å². The molecule has 1 aliphatic heterocycles. The second-order valence-electron chi connectivity index (χ2n) is 5.42. The first-order valence-electron chi connectivity index (χ1n) is 7.38. The molecule has 1 aromatic rings. The van der Waals surface area contributed by atoms with Crippen LogP contribution in [-0.2, 0) is 0 Å². The van der Waals surface area contributed by atoms with E-state index in [9.17, 15) is 4.79 Å². The largest absolute Gasteiger partial charge is 0.336 e. The summed E-state index contributed by atoms with van der Waals surface area (Å²) in [5, 5.41) is 0.568. The number of amides is 1. The Morgan fingerprint density at radius 3 is 2.25 bits per heavy atom. The van der Waals surface area contributed by atoms with E-state index in [4.69, 9.17) is 0 Å². The molecule has 1 heterocycles. The lowest BCUT2D eigenvalue weighted by Gasteiger charge is -2.34. The van der Waals surface area contributed by atoms with Gasteiger partial charge >= 0.3 is 0 Å². The summed E-state index contributed by atoms with van der Waals surface area (Å²) < 4.78 is 0. The molecule has 0 unspecified atom stereocenters. The molecule has 0 bridgehead atoms. The smallest absolute Gasteiger partial charge is 0.253 e. The molecule has 1 amide bonds. The molecule has 20 heavy (non-hydrogen) atoms. The number of likely N-dealkylation sites (N-methyl/N-ethyl adjacent to an activating group) is 1. The van der Waals surface area contributed by atoms with Crippen molar-refractivity contribution in [3.8, 4) is 0 Å². The lowest BCUT2D eigenvalue weighted by molar-refractivity contribution is 0.0643. The predicted octanol–water partition coefficient (Wildman–Crippen LogP) is 2.96. The molecule has 2 rings (SSSR count). The Kier molecular flexibility index (Phi) is 5.49. The zero-order valence-corrected chi connectivity index (χ0v) is 13.4. The summed E-state index contributed by atoms with van der Waals surface area (Å²) in [6.07, 6.45) is 0. The highest BCUT2D eigenvalue weighted by atomic mass is 32.2. The predicted molar refractivity (Wildman–Crippen MR) is 85.5 cm³/mol. The molecule has 1 aromatic carbocycles. The van der Waals surface area contributed by atoms with Crippen LogP contribution in [0, 0.1) is 0 Å². The lowest BCUT2D eigenvalue weighted by atomic mass is 10.2. The van der Waals surface area contributed by atoms with Gasteiger partial charge in [-0.1, -0.05) is 20.8 Å². The average Bonchev–Trinajstić information content (AvgIpc) is 2.47. The van der Waals surface area contributed by atoms with Gasteiger partial charge in [0.2, 0.25) is 0 Å². The van der Waals surface area contributed by atoms with E-state index in [2.05, 4.69) is 37.8 Å². The zero-order chi connectivity index (χ0) is 14.5. The molecule has 0 aliphatic carbocycles. The molecule has 1 saturated heterocycles.